The molecule has 0 unspecified atom stereocenters. The maximum Gasteiger partial charge on any atom is 0.246 e. The lowest BCUT2D eigenvalue weighted by Gasteiger charge is -2.34. The summed E-state index contributed by atoms with van der Waals surface area (Å²) in [5.74, 6) is 1.65. The lowest BCUT2D eigenvalue weighted by Crippen LogP contribution is -2.45. The van der Waals surface area contributed by atoms with E-state index < -0.39 is 0 Å². The Labute approximate surface area is 167 Å². The Bertz CT molecular complexity index is 644. The molecule has 1 fully saturated rings. The highest BCUT2D eigenvalue weighted by Gasteiger charge is 2.24. The van der Waals surface area contributed by atoms with Gasteiger partial charge in [-0.25, -0.2) is 0 Å². The van der Waals surface area contributed by atoms with Crippen molar-refractivity contribution in [2.75, 3.05) is 61.7 Å². The highest BCUT2D eigenvalue weighted by atomic mass is 16.5. The molecule has 7 nitrogen and oxygen atoms in total. The minimum Gasteiger partial charge on any atom is -0.493 e. The van der Waals surface area contributed by atoms with E-state index in [0.29, 0.717) is 37.0 Å². The molecule has 7 heteroatoms. The molecule has 1 aliphatic heterocycles. The molecule has 0 saturated carbocycles. The van der Waals surface area contributed by atoms with Crippen LogP contribution in [0.25, 0.3) is 6.08 Å². The van der Waals surface area contributed by atoms with Crippen molar-refractivity contribution in [2.24, 2.45) is 0 Å². The first-order valence-corrected chi connectivity index (χ1v) is 9.51. The number of rotatable bonds is 9. The second kappa shape index (κ2) is 10.9. The first kappa shape index (κ1) is 22.0. The maximum atomic E-state index is 13.0. The van der Waals surface area contributed by atoms with Crippen molar-refractivity contribution in [1.29, 1.82) is 0 Å². The third-order valence-corrected chi connectivity index (χ3v) is 4.81. The van der Waals surface area contributed by atoms with Gasteiger partial charge in [0.2, 0.25) is 11.7 Å². The van der Waals surface area contributed by atoms with Gasteiger partial charge in [-0.1, -0.05) is 0 Å². The zero-order chi connectivity index (χ0) is 20.5. The first-order chi connectivity index (χ1) is 13.5. The monoisotopic (exact) mass is 392 g/mol. The van der Waals surface area contributed by atoms with Crippen molar-refractivity contribution in [3.63, 3.8) is 0 Å². The van der Waals surface area contributed by atoms with E-state index in [1.807, 2.05) is 31.1 Å². The lowest BCUT2D eigenvalue weighted by molar-refractivity contribution is -0.130. The molecule has 0 spiro atoms. The van der Waals surface area contributed by atoms with E-state index in [4.69, 9.17) is 18.9 Å². The van der Waals surface area contributed by atoms with E-state index in [1.165, 1.54) is 0 Å². The number of carbonyl (C=O) groups excluding carboxylic acids is 1. The topological polar surface area (TPSA) is 60.5 Å². The van der Waals surface area contributed by atoms with Crippen molar-refractivity contribution < 1.29 is 23.7 Å². The summed E-state index contributed by atoms with van der Waals surface area (Å²) in [4.78, 5) is 17.0. The highest BCUT2D eigenvalue weighted by molar-refractivity contribution is 5.92. The van der Waals surface area contributed by atoms with Crippen LogP contribution in [0.2, 0.25) is 0 Å². The third kappa shape index (κ3) is 5.87. The predicted molar refractivity (Wildman–Crippen MR) is 109 cm³/mol. The number of likely N-dealkylation sites (N-methyl/N-ethyl adjacent to an activating group) is 1. The Balaban J connectivity index is 2.20. The van der Waals surface area contributed by atoms with Gasteiger partial charge in [-0.15, -0.1) is 0 Å². The number of carbonyl (C=O) groups is 1. The zero-order valence-electron chi connectivity index (χ0n) is 17.6. The van der Waals surface area contributed by atoms with Gasteiger partial charge in [0.05, 0.1) is 21.3 Å². The molecule has 0 atom stereocenters. The molecule has 1 aromatic rings. The van der Waals surface area contributed by atoms with Crippen LogP contribution in [0.5, 0.6) is 17.2 Å². The van der Waals surface area contributed by atoms with E-state index in [0.717, 1.165) is 24.9 Å². The van der Waals surface area contributed by atoms with Gasteiger partial charge in [-0.05, 0) is 50.7 Å². The van der Waals surface area contributed by atoms with Crippen LogP contribution in [0.3, 0.4) is 0 Å². The smallest absolute Gasteiger partial charge is 0.246 e. The van der Waals surface area contributed by atoms with Crippen LogP contribution in [-0.4, -0.2) is 83.5 Å². The molecule has 0 aliphatic carbocycles. The fourth-order valence-corrected chi connectivity index (χ4v) is 3.24. The number of nitrogens with zero attached hydrogens (tertiary/aromatic N) is 2. The largest absolute Gasteiger partial charge is 0.493 e. The number of hydrogen-bond donors (Lipinski definition) is 0. The summed E-state index contributed by atoms with van der Waals surface area (Å²) >= 11 is 0. The Morgan fingerprint density at radius 3 is 2.18 bits per heavy atom. The third-order valence-electron chi connectivity index (χ3n) is 4.81. The maximum absolute atomic E-state index is 13.0. The van der Waals surface area contributed by atoms with E-state index in [2.05, 4.69) is 4.90 Å². The summed E-state index contributed by atoms with van der Waals surface area (Å²) in [6.07, 6.45) is 5.15. The Hall–Kier alpha value is -2.25. The summed E-state index contributed by atoms with van der Waals surface area (Å²) in [5, 5.41) is 0. The zero-order valence-corrected chi connectivity index (χ0v) is 17.6. The summed E-state index contributed by atoms with van der Waals surface area (Å²) < 4.78 is 21.6. The van der Waals surface area contributed by atoms with E-state index in [-0.39, 0.29) is 11.9 Å². The van der Waals surface area contributed by atoms with Gasteiger partial charge in [0.25, 0.3) is 0 Å². The Morgan fingerprint density at radius 1 is 1.07 bits per heavy atom. The molecule has 1 amide bonds. The molecule has 1 aromatic carbocycles. The van der Waals surface area contributed by atoms with Crippen molar-refractivity contribution in [3.05, 3.63) is 23.8 Å². The van der Waals surface area contributed by atoms with Gasteiger partial charge in [0, 0.05) is 38.4 Å². The van der Waals surface area contributed by atoms with Gasteiger partial charge in [0.1, 0.15) is 0 Å². The second-order valence-electron chi connectivity index (χ2n) is 6.97. The molecule has 0 N–H and O–H groups in total. The SMILES string of the molecule is COc1cc(/C=C/C(=O)N(CCN(C)C)C2CCOCC2)cc(OC)c1OC. The minimum atomic E-state index is 0.00232. The van der Waals surface area contributed by atoms with Gasteiger partial charge >= 0.3 is 0 Å². The van der Waals surface area contributed by atoms with Crippen molar-refractivity contribution in [3.8, 4) is 17.2 Å². The predicted octanol–water partition coefficient (Wildman–Crippen LogP) is 2.29. The van der Waals surface area contributed by atoms with Gasteiger partial charge < -0.3 is 28.7 Å². The summed E-state index contributed by atoms with van der Waals surface area (Å²) in [6, 6.07) is 3.86. The molecule has 1 saturated heterocycles. The molecule has 2 rings (SSSR count). The van der Waals surface area contributed by atoms with Crippen molar-refractivity contribution >= 4 is 12.0 Å². The number of amides is 1. The molecule has 0 aromatic heterocycles. The van der Waals surface area contributed by atoms with E-state index in [9.17, 15) is 4.79 Å². The molecule has 0 radical (unpaired) electrons. The highest BCUT2D eigenvalue weighted by Crippen LogP contribution is 2.38. The lowest BCUT2D eigenvalue weighted by atomic mass is 10.1. The Kier molecular flexibility index (Phi) is 8.60. The van der Waals surface area contributed by atoms with E-state index >= 15 is 0 Å². The fourth-order valence-electron chi connectivity index (χ4n) is 3.24. The number of methoxy groups -OCH3 is 3. The normalized spacial score (nSPS) is 15.1. The van der Waals surface area contributed by atoms with Crippen LogP contribution in [0.1, 0.15) is 18.4 Å². The fraction of sp³-hybridized carbons (Fsp3) is 0.571. The molecular weight excluding hydrogens is 360 g/mol. The quantitative estimate of drug-likeness (QED) is 0.601. The molecule has 0 bridgehead atoms. The van der Waals surface area contributed by atoms with Crippen LogP contribution in [0, 0.1) is 0 Å². The minimum absolute atomic E-state index is 0.00232. The van der Waals surface area contributed by atoms with Crippen molar-refractivity contribution in [2.45, 2.75) is 18.9 Å². The summed E-state index contributed by atoms with van der Waals surface area (Å²) in [7, 11) is 8.74. The summed E-state index contributed by atoms with van der Waals surface area (Å²) in [6.45, 7) is 2.91. The van der Waals surface area contributed by atoms with Gasteiger partial charge in [-0.2, -0.15) is 0 Å². The second-order valence-corrected chi connectivity index (χ2v) is 6.97. The molecule has 28 heavy (non-hydrogen) atoms. The van der Waals surface area contributed by atoms with Crippen LogP contribution in [0.4, 0.5) is 0 Å². The Morgan fingerprint density at radius 2 is 1.68 bits per heavy atom. The molecule has 156 valence electrons. The molecule has 1 aliphatic rings. The average Bonchev–Trinajstić information content (AvgIpc) is 2.71. The molecular formula is C21H32N2O5. The van der Waals surface area contributed by atoms with Crippen LogP contribution < -0.4 is 14.2 Å². The van der Waals surface area contributed by atoms with Crippen molar-refractivity contribution in [1.82, 2.24) is 9.80 Å². The average molecular weight is 392 g/mol. The number of ether oxygens (including phenoxy) is 4. The van der Waals surface area contributed by atoms with Crippen LogP contribution in [-0.2, 0) is 9.53 Å². The standard InChI is InChI=1S/C21H32N2O5/c1-22(2)10-11-23(17-8-12-28-13-9-17)20(24)7-6-16-14-18(25-3)21(27-5)19(15-16)26-4/h6-7,14-15,17H,8-13H2,1-5H3/b7-6+. The summed E-state index contributed by atoms with van der Waals surface area (Å²) in [5.41, 5.74) is 0.808. The molecule has 1 heterocycles. The number of benzene rings is 1. The van der Waals surface area contributed by atoms with E-state index in [1.54, 1.807) is 33.5 Å². The van der Waals surface area contributed by atoms with Gasteiger partial charge in [-0.3, -0.25) is 4.79 Å². The van der Waals surface area contributed by atoms with Crippen LogP contribution >= 0.6 is 0 Å². The van der Waals surface area contributed by atoms with Gasteiger partial charge in [0.15, 0.2) is 11.5 Å². The van der Waals surface area contributed by atoms with Crippen LogP contribution in [0.15, 0.2) is 18.2 Å². The first-order valence-electron chi connectivity index (χ1n) is 9.51. The number of hydrogen-bond acceptors (Lipinski definition) is 6.